The van der Waals surface area contributed by atoms with E-state index >= 15 is 0 Å². The van der Waals surface area contributed by atoms with Gasteiger partial charge in [-0.25, -0.2) is 4.79 Å². The Morgan fingerprint density at radius 3 is 2.64 bits per heavy atom. The molecule has 126 valence electrons. The van der Waals surface area contributed by atoms with Crippen LogP contribution in [0.1, 0.15) is 19.9 Å². The molecule has 0 aliphatic rings. The third kappa shape index (κ3) is 2.50. The molecule has 2 heterocycles. The van der Waals surface area contributed by atoms with E-state index in [9.17, 15) is 4.79 Å². The first-order valence-electron chi connectivity index (χ1n) is 7.95. The van der Waals surface area contributed by atoms with Gasteiger partial charge >= 0.3 is 5.69 Å². The lowest BCUT2D eigenvalue weighted by molar-refractivity contribution is 0.590. The minimum atomic E-state index is -0.118. The fourth-order valence-electron chi connectivity index (χ4n) is 3.21. The number of aromatic nitrogens is 3. The number of para-hydroxylation sites is 1. The molecule has 0 aliphatic carbocycles. The van der Waals surface area contributed by atoms with Crippen molar-refractivity contribution < 1.29 is 0 Å². The molecule has 0 unspecified atom stereocenters. The van der Waals surface area contributed by atoms with Crippen LogP contribution in [-0.4, -0.2) is 14.1 Å². The highest BCUT2D eigenvalue weighted by atomic mass is 79.9. The molecule has 0 fully saturated rings. The third-order valence-corrected chi connectivity index (χ3v) is 5.09. The minimum Gasteiger partial charge on any atom is -0.288 e. The molecular formula is C19H15BrClN3O. The van der Waals surface area contributed by atoms with E-state index in [1.165, 1.54) is 0 Å². The SMILES string of the molecule is CC(C)n1c(=O)n(-c2ccccc2Cl)c2c3cc(Br)ccc3ncc21. The lowest BCUT2D eigenvalue weighted by Crippen LogP contribution is -2.24. The normalized spacial score (nSPS) is 11.7. The average Bonchev–Trinajstić information content (AvgIpc) is 2.88. The Balaban J connectivity index is 2.29. The number of hydrogen-bond donors (Lipinski definition) is 0. The molecular weight excluding hydrogens is 402 g/mol. The van der Waals surface area contributed by atoms with Crippen LogP contribution in [0.15, 0.2) is 57.9 Å². The van der Waals surface area contributed by atoms with Gasteiger partial charge in [0.15, 0.2) is 0 Å². The Kier molecular flexibility index (Phi) is 3.93. The maximum atomic E-state index is 13.2. The van der Waals surface area contributed by atoms with Crippen molar-refractivity contribution in [2.45, 2.75) is 19.9 Å². The largest absolute Gasteiger partial charge is 0.334 e. The predicted molar refractivity (Wildman–Crippen MR) is 106 cm³/mol. The second-order valence-electron chi connectivity index (χ2n) is 6.19. The van der Waals surface area contributed by atoms with Crippen LogP contribution in [0.2, 0.25) is 5.02 Å². The van der Waals surface area contributed by atoms with Gasteiger partial charge in [0, 0.05) is 15.9 Å². The number of hydrogen-bond acceptors (Lipinski definition) is 2. The van der Waals surface area contributed by atoms with Gasteiger partial charge in [-0.3, -0.25) is 14.1 Å². The molecule has 0 spiro atoms. The van der Waals surface area contributed by atoms with Crippen LogP contribution in [-0.2, 0) is 0 Å². The predicted octanol–water partition coefficient (Wildman–Crippen LogP) is 5.34. The molecule has 2 aromatic heterocycles. The number of nitrogens with zero attached hydrogens (tertiary/aromatic N) is 3. The van der Waals surface area contributed by atoms with E-state index in [0.717, 1.165) is 26.4 Å². The van der Waals surface area contributed by atoms with Crippen molar-refractivity contribution in [3.8, 4) is 5.69 Å². The summed E-state index contributed by atoms with van der Waals surface area (Å²) in [6.07, 6.45) is 1.76. The summed E-state index contributed by atoms with van der Waals surface area (Å²) in [4.78, 5) is 17.8. The number of benzene rings is 2. The quantitative estimate of drug-likeness (QED) is 0.442. The molecule has 0 aliphatic heterocycles. The van der Waals surface area contributed by atoms with Crippen LogP contribution >= 0.6 is 27.5 Å². The summed E-state index contributed by atoms with van der Waals surface area (Å²) in [6, 6.07) is 13.3. The summed E-state index contributed by atoms with van der Waals surface area (Å²) in [7, 11) is 0. The number of pyridine rings is 1. The molecule has 0 saturated heterocycles. The van der Waals surface area contributed by atoms with Gasteiger partial charge in [0.25, 0.3) is 0 Å². The summed E-state index contributed by atoms with van der Waals surface area (Å²) < 4.78 is 4.38. The van der Waals surface area contributed by atoms with Crippen LogP contribution in [0.4, 0.5) is 0 Å². The summed E-state index contributed by atoms with van der Waals surface area (Å²) in [6.45, 7) is 3.98. The zero-order valence-electron chi connectivity index (χ0n) is 13.7. The van der Waals surface area contributed by atoms with Crippen LogP contribution in [0.25, 0.3) is 27.6 Å². The summed E-state index contributed by atoms with van der Waals surface area (Å²) >= 11 is 9.93. The topological polar surface area (TPSA) is 39.8 Å². The lowest BCUT2D eigenvalue weighted by Gasteiger charge is -2.07. The maximum absolute atomic E-state index is 13.2. The van der Waals surface area contributed by atoms with E-state index in [2.05, 4.69) is 20.9 Å². The van der Waals surface area contributed by atoms with Gasteiger partial charge in [-0.1, -0.05) is 39.7 Å². The summed E-state index contributed by atoms with van der Waals surface area (Å²) in [5.41, 5.74) is 3.00. The second-order valence-corrected chi connectivity index (χ2v) is 7.51. The number of fused-ring (bicyclic) bond motifs is 3. The fourth-order valence-corrected chi connectivity index (χ4v) is 3.79. The number of imidazole rings is 1. The molecule has 0 radical (unpaired) electrons. The van der Waals surface area contributed by atoms with Crippen LogP contribution in [0, 0.1) is 0 Å². The van der Waals surface area contributed by atoms with Crippen molar-refractivity contribution in [2.24, 2.45) is 0 Å². The molecule has 4 nitrogen and oxygen atoms in total. The van der Waals surface area contributed by atoms with Crippen LogP contribution in [0.3, 0.4) is 0 Å². The van der Waals surface area contributed by atoms with E-state index in [1.54, 1.807) is 21.4 Å². The Bertz CT molecular complexity index is 1180. The molecule has 2 aromatic carbocycles. The number of halogens is 2. The highest BCUT2D eigenvalue weighted by Gasteiger charge is 2.20. The van der Waals surface area contributed by atoms with Crippen molar-refractivity contribution in [1.82, 2.24) is 14.1 Å². The van der Waals surface area contributed by atoms with Crippen LogP contribution in [0.5, 0.6) is 0 Å². The Labute approximate surface area is 157 Å². The summed E-state index contributed by atoms with van der Waals surface area (Å²) in [5.74, 6) is 0. The van der Waals surface area contributed by atoms with E-state index in [4.69, 9.17) is 11.6 Å². The van der Waals surface area contributed by atoms with Gasteiger partial charge in [0.1, 0.15) is 0 Å². The average molecular weight is 417 g/mol. The molecule has 4 aromatic rings. The monoisotopic (exact) mass is 415 g/mol. The maximum Gasteiger partial charge on any atom is 0.334 e. The zero-order chi connectivity index (χ0) is 17.7. The lowest BCUT2D eigenvalue weighted by atomic mass is 10.2. The fraction of sp³-hybridized carbons (Fsp3) is 0.158. The first kappa shape index (κ1) is 16.4. The van der Waals surface area contributed by atoms with E-state index in [1.807, 2.05) is 50.2 Å². The van der Waals surface area contributed by atoms with Gasteiger partial charge in [-0.2, -0.15) is 0 Å². The first-order valence-corrected chi connectivity index (χ1v) is 9.12. The minimum absolute atomic E-state index is 0.00476. The Morgan fingerprint density at radius 1 is 1.16 bits per heavy atom. The third-order valence-electron chi connectivity index (χ3n) is 4.27. The molecule has 0 amide bonds. The van der Waals surface area contributed by atoms with Gasteiger partial charge < -0.3 is 0 Å². The van der Waals surface area contributed by atoms with Gasteiger partial charge in [-0.15, -0.1) is 0 Å². The van der Waals surface area contributed by atoms with E-state index in [0.29, 0.717) is 10.7 Å². The van der Waals surface area contributed by atoms with Gasteiger partial charge in [0.05, 0.1) is 33.5 Å². The van der Waals surface area contributed by atoms with Crippen molar-refractivity contribution in [2.75, 3.05) is 0 Å². The highest BCUT2D eigenvalue weighted by Crippen LogP contribution is 2.30. The van der Waals surface area contributed by atoms with E-state index in [-0.39, 0.29) is 11.7 Å². The molecule has 6 heteroatoms. The van der Waals surface area contributed by atoms with Crippen LogP contribution < -0.4 is 5.69 Å². The molecule has 25 heavy (non-hydrogen) atoms. The Morgan fingerprint density at radius 2 is 1.92 bits per heavy atom. The molecule has 0 N–H and O–H groups in total. The zero-order valence-corrected chi connectivity index (χ0v) is 16.0. The standard InChI is InChI=1S/C19H15BrClN3O/c1-11(2)23-17-10-22-15-8-7-12(20)9-13(15)18(17)24(19(23)25)16-6-4-3-5-14(16)21/h3-11H,1-2H3. The molecule has 0 atom stereocenters. The highest BCUT2D eigenvalue weighted by molar-refractivity contribution is 9.10. The number of rotatable bonds is 2. The smallest absolute Gasteiger partial charge is 0.288 e. The molecule has 0 saturated carbocycles. The van der Waals surface area contributed by atoms with Crippen molar-refractivity contribution in [3.05, 3.63) is 68.6 Å². The van der Waals surface area contributed by atoms with E-state index < -0.39 is 0 Å². The first-order chi connectivity index (χ1) is 12.0. The van der Waals surface area contributed by atoms with Gasteiger partial charge in [0.2, 0.25) is 0 Å². The second kappa shape index (κ2) is 6.00. The summed E-state index contributed by atoms with van der Waals surface area (Å²) in [5, 5.41) is 1.44. The van der Waals surface area contributed by atoms with Crippen molar-refractivity contribution in [1.29, 1.82) is 0 Å². The van der Waals surface area contributed by atoms with Gasteiger partial charge in [-0.05, 0) is 44.2 Å². The molecule has 0 bridgehead atoms. The van der Waals surface area contributed by atoms with Crippen molar-refractivity contribution >= 4 is 49.5 Å². The molecule has 4 rings (SSSR count). The van der Waals surface area contributed by atoms with Crippen molar-refractivity contribution in [3.63, 3.8) is 0 Å². The Hall–Kier alpha value is -2.11.